The molecule has 1 amide bonds. The van der Waals surface area contributed by atoms with Gasteiger partial charge >= 0.3 is 0 Å². The molecule has 0 aliphatic heterocycles. The van der Waals surface area contributed by atoms with Crippen LogP contribution >= 0.6 is 27.5 Å². The van der Waals surface area contributed by atoms with Gasteiger partial charge in [0.15, 0.2) is 6.10 Å². The number of halogens is 2. The van der Waals surface area contributed by atoms with E-state index in [-0.39, 0.29) is 12.3 Å². The number of anilines is 1. The average molecular weight is 408 g/mol. The van der Waals surface area contributed by atoms with Gasteiger partial charge in [-0.2, -0.15) is 5.26 Å². The lowest BCUT2D eigenvalue weighted by molar-refractivity contribution is -0.124. The van der Waals surface area contributed by atoms with Crippen molar-refractivity contribution in [1.82, 2.24) is 0 Å². The molecule has 0 aliphatic carbocycles. The average Bonchev–Trinajstić information content (AvgIpc) is 2.58. The zero-order valence-electron chi connectivity index (χ0n) is 13.1. The third kappa shape index (κ3) is 4.73. The number of rotatable bonds is 6. The lowest BCUT2D eigenvalue weighted by Crippen LogP contribution is -2.41. The number of carbonyl (C=O) groups is 1. The van der Waals surface area contributed by atoms with E-state index in [1.165, 1.54) is 0 Å². The summed E-state index contributed by atoms with van der Waals surface area (Å²) in [5.41, 5.74) is 0.732. The Hall–Kier alpha value is -2.03. The van der Waals surface area contributed by atoms with E-state index in [9.17, 15) is 4.79 Å². The topological polar surface area (TPSA) is 53.3 Å². The second-order valence-corrected chi connectivity index (χ2v) is 6.39. The van der Waals surface area contributed by atoms with Gasteiger partial charge in [0.05, 0.1) is 17.5 Å². The normalized spacial score (nSPS) is 11.4. The molecule has 0 aliphatic rings. The number of carbonyl (C=O) groups excluding carboxylic acids is 1. The number of benzene rings is 2. The first-order valence-electron chi connectivity index (χ1n) is 7.38. The first-order chi connectivity index (χ1) is 11.5. The zero-order chi connectivity index (χ0) is 17.5. The van der Waals surface area contributed by atoms with E-state index in [4.69, 9.17) is 21.6 Å². The largest absolute Gasteiger partial charge is 0.479 e. The van der Waals surface area contributed by atoms with Gasteiger partial charge in [0.1, 0.15) is 5.75 Å². The first-order valence-corrected chi connectivity index (χ1v) is 8.55. The molecule has 0 saturated heterocycles. The van der Waals surface area contributed by atoms with E-state index in [0.717, 1.165) is 10.2 Å². The smallest absolute Gasteiger partial charge is 0.267 e. The van der Waals surface area contributed by atoms with Crippen LogP contribution in [0, 0.1) is 11.3 Å². The Balaban J connectivity index is 2.17. The van der Waals surface area contributed by atoms with E-state index in [2.05, 4.69) is 22.0 Å². The fourth-order valence-corrected chi connectivity index (χ4v) is 2.89. The van der Waals surface area contributed by atoms with Crippen molar-refractivity contribution in [1.29, 1.82) is 5.26 Å². The molecule has 0 heterocycles. The van der Waals surface area contributed by atoms with Crippen molar-refractivity contribution in [3.63, 3.8) is 0 Å². The molecule has 2 aromatic carbocycles. The molecule has 6 heteroatoms. The van der Waals surface area contributed by atoms with Crippen LogP contribution in [0.3, 0.4) is 0 Å². The maximum Gasteiger partial charge on any atom is 0.267 e. The summed E-state index contributed by atoms with van der Waals surface area (Å²) in [5, 5.41) is 9.26. The van der Waals surface area contributed by atoms with Crippen LogP contribution in [0.4, 0.5) is 5.69 Å². The summed E-state index contributed by atoms with van der Waals surface area (Å²) in [6.07, 6.45) is -0.491. The molecular weight excluding hydrogens is 392 g/mol. The molecule has 1 atom stereocenters. The molecule has 0 bridgehead atoms. The molecule has 0 N–H and O–H groups in total. The number of para-hydroxylation sites is 1. The van der Waals surface area contributed by atoms with Gasteiger partial charge in [0.2, 0.25) is 0 Å². The van der Waals surface area contributed by atoms with Crippen LogP contribution in [-0.2, 0) is 4.79 Å². The monoisotopic (exact) mass is 406 g/mol. The zero-order valence-corrected chi connectivity index (χ0v) is 15.4. The molecule has 0 radical (unpaired) electrons. The minimum Gasteiger partial charge on any atom is -0.479 e. The molecule has 2 rings (SSSR count). The summed E-state index contributed by atoms with van der Waals surface area (Å²) < 4.78 is 6.55. The van der Waals surface area contributed by atoms with E-state index < -0.39 is 6.10 Å². The second-order valence-electron chi connectivity index (χ2n) is 5.07. The molecule has 0 saturated carbocycles. The third-order valence-corrected chi connectivity index (χ3v) is 4.12. The van der Waals surface area contributed by atoms with Gasteiger partial charge in [-0.1, -0.05) is 45.7 Å². The lowest BCUT2D eigenvalue weighted by atomic mass is 10.2. The van der Waals surface area contributed by atoms with Crippen LogP contribution < -0.4 is 9.64 Å². The van der Waals surface area contributed by atoms with E-state index in [0.29, 0.717) is 17.3 Å². The van der Waals surface area contributed by atoms with Gasteiger partial charge < -0.3 is 9.64 Å². The molecule has 124 valence electrons. The van der Waals surface area contributed by atoms with Crippen molar-refractivity contribution < 1.29 is 9.53 Å². The molecule has 4 nitrogen and oxygen atoms in total. The Kier molecular flexibility index (Phi) is 6.65. The SMILES string of the molecule is C[C@@H](Oc1ccc(Br)cc1Cl)C(=O)N(CCC#N)c1ccccc1. The van der Waals surface area contributed by atoms with Crippen molar-refractivity contribution in [2.75, 3.05) is 11.4 Å². The van der Waals surface area contributed by atoms with E-state index >= 15 is 0 Å². The van der Waals surface area contributed by atoms with Crippen LogP contribution in [0.25, 0.3) is 0 Å². The minimum absolute atomic E-state index is 0.226. The maximum atomic E-state index is 12.8. The van der Waals surface area contributed by atoms with Gasteiger partial charge in [0, 0.05) is 16.7 Å². The summed E-state index contributed by atoms with van der Waals surface area (Å²) in [7, 11) is 0. The summed E-state index contributed by atoms with van der Waals surface area (Å²) in [6, 6.07) is 16.5. The molecular formula is C18H16BrClN2O2. The summed E-state index contributed by atoms with van der Waals surface area (Å²) >= 11 is 9.46. The number of nitrogens with zero attached hydrogens (tertiary/aromatic N) is 2. The number of amides is 1. The van der Waals surface area contributed by atoms with Crippen LogP contribution in [0.15, 0.2) is 53.0 Å². The second kappa shape index (κ2) is 8.72. The standard InChI is InChI=1S/C18H16BrClN2O2/c1-13(24-17-9-8-14(19)12-16(17)20)18(23)22(11-5-10-21)15-6-3-2-4-7-15/h2-4,6-9,12-13H,5,11H2,1H3/t13-/m1/s1. The fraction of sp³-hybridized carbons (Fsp3) is 0.222. The van der Waals surface area contributed by atoms with Gasteiger partial charge in [-0.05, 0) is 37.3 Å². The van der Waals surface area contributed by atoms with Crippen LogP contribution in [-0.4, -0.2) is 18.6 Å². The van der Waals surface area contributed by atoms with Crippen LogP contribution in [0.2, 0.25) is 5.02 Å². The lowest BCUT2D eigenvalue weighted by Gasteiger charge is -2.25. The van der Waals surface area contributed by atoms with Crippen molar-refractivity contribution in [3.05, 3.63) is 58.0 Å². The fourth-order valence-electron chi connectivity index (χ4n) is 2.17. The van der Waals surface area contributed by atoms with E-state index in [1.807, 2.05) is 30.3 Å². The number of nitriles is 1. The van der Waals surface area contributed by atoms with Crippen molar-refractivity contribution >= 4 is 39.1 Å². The Morgan fingerprint density at radius 2 is 2.04 bits per heavy atom. The highest BCUT2D eigenvalue weighted by Crippen LogP contribution is 2.29. The number of hydrogen-bond donors (Lipinski definition) is 0. The van der Waals surface area contributed by atoms with Gasteiger partial charge in [0.25, 0.3) is 5.91 Å². The van der Waals surface area contributed by atoms with Crippen molar-refractivity contribution in [3.8, 4) is 11.8 Å². The highest BCUT2D eigenvalue weighted by atomic mass is 79.9. The minimum atomic E-state index is -0.734. The van der Waals surface area contributed by atoms with Crippen LogP contribution in [0.5, 0.6) is 5.75 Å². The molecule has 24 heavy (non-hydrogen) atoms. The maximum absolute atomic E-state index is 12.8. The Morgan fingerprint density at radius 1 is 1.33 bits per heavy atom. The third-order valence-electron chi connectivity index (χ3n) is 3.33. The highest BCUT2D eigenvalue weighted by Gasteiger charge is 2.24. The number of hydrogen-bond acceptors (Lipinski definition) is 3. The highest BCUT2D eigenvalue weighted by molar-refractivity contribution is 9.10. The summed E-state index contributed by atoms with van der Waals surface area (Å²) in [4.78, 5) is 14.3. The Labute approximate surface area is 154 Å². The summed E-state index contributed by atoms with van der Waals surface area (Å²) in [5.74, 6) is 0.212. The van der Waals surface area contributed by atoms with Gasteiger partial charge in [-0.3, -0.25) is 4.79 Å². The molecule has 2 aromatic rings. The molecule has 0 aromatic heterocycles. The van der Waals surface area contributed by atoms with Gasteiger partial charge in [-0.15, -0.1) is 0 Å². The number of ether oxygens (including phenoxy) is 1. The van der Waals surface area contributed by atoms with Crippen LogP contribution in [0.1, 0.15) is 13.3 Å². The molecule has 0 spiro atoms. The molecule has 0 unspecified atom stereocenters. The van der Waals surface area contributed by atoms with Crippen molar-refractivity contribution in [2.45, 2.75) is 19.4 Å². The molecule has 0 fully saturated rings. The Bertz CT molecular complexity index is 746. The first kappa shape index (κ1) is 18.3. The quantitative estimate of drug-likeness (QED) is 0.690. The predicted octanol–water partition coefficient (Wildman–Crippen LogP) is 4.82. The Morgan fingerprint density at radius 3 is 2.67 bits per heavy atom. The van der Waals surface area contributed by atoms with Crippen molar-refractivity contribution in [2.24, 2.45) is 0 Å². The van der Waals surface area contributed by atoms with E-state index in [1.54, 1.807) is 30.0 Å². The predicted molar refractivity (Wildman–Crippen MR) is 98.3 cm³/mol. The van der Waals surface area contributed by atoms with Gasteiger partial charge in [-0.25, -0.2) is 0 Å². The summed E-state index contributed by atoms with van der Waals surface area (Å²) in [6.45, 7) is 1.98.